The summed E-state index contributed by atoms with van der Waals surface area (Å²) in [5, 5.41) is 10.4. The van der Waals surface area contributed by atoms with E-state index < -0.39 is 18.2 Å². The van der Waals surface area contributed by atoms with Gasteiger partial charge in [-0.2, -0.15) is 0 Å². The van der Waals surface area contributed by atoms with Crippen molar-refractivity contribution in [2.24, 2.45) is 29.6 Å². The Balaban J connectivity index is 1.77. The quantitative estimate of drug-likeness (QED) is 0.414. The van der Waals surface area contributed by atoms with Crippen LogP contribution in [0.4, 0.5) is 0 Å². The lowest BCUT2D eigenvalue weighted by atomic mass is 9.68. The van der Waals surface area contributed by atoms with Gasteiger partial charge < -0.3 is 9.84 Å². The smallest absolute Gasteiger partial charge is 0.341 e. The van der Waals surface area contributed by atoms with Crippen molar-refractivity contribution in [2.75, 3.05) is 0 Å². The van der Waals surface area contributed by atoms with Crippen LogP contribution in [0, 0.1) is 29.6 Å². The molecule has 2 aliphatic heterocycles. The summed E-state index contributed by atoms with van der Waals surface area (Å²) in [6, 6.07) is 0. The van der Waals surface area contributed by atoms with Crippen molar-refractivity contribution in [1.29, 1.82) is 0 Å². The number of aliphatic hydroxyl groups excluding tert-OH is 1. The molecule has 1 saturated heterocycles. The number of Topliss-reactive ketones (excluding diaryl/α,β-unsaturated/α-hetero) is 2. The van der Waals surface area contributed by atoms with E-state index in [4.69, 9.17) is 4.74 Å². The fraction of sp³-hybridized carbons (Fsp3) is 0.632. The third-order valence-corrected chi connectivity index (χ3v) is 6.10. The predicted molar refractivity (Wildman–Crippen MR) is 84.7 cm³/mol. The average molecular weight is 330 g/mol. The van der Waals surface area contributed by atoms with Crippen LogP contribution in [0.25, 0.3) is 0 Å². The highest BCUT2D eigenvalue weighted by Gasteiger charge is 2.47. The summed E-state index contributed by atoms with van der Waals surface area (Å²) in [5.41, 5.74) is 0.138. The van der Waals surface area contributed by atoms with Gasteiger partial charge in [0.2, 0.25) is 0 Å². The number of allylic oxidation sites excluding steroid dienone is 3. The molecule has 7 atom stereocenters. The third-order valence-electron chi connectivity index (χ3n) is 6.10. The summed E-state index contributed by atoms with van der Waals surface area (Å²) >= 11 is 0. The Hall–Kier alpha value is -1.75. The van der Waals surface area contributed by atoms with E-state index in [1.807, 2.05) is 19.1 Å². The van der Waals surface area contributed by atoms with Crippen molar-refractivity contribution >= 4 is 17.5 Å². The molecule has 24 heavy (non-hydrogen) atoms. The summed E-state index contributed by atoms with van der Waals surface area (Å²) in [6.45, 7) is 1.94. The van der Waals surface area contributed by atoms with Crippen molar-refractivity contribution in [3.63, 3.8) is 0 Å². The van der Waals surface area contributed by atoms with Gasteiger partial charge in [0.1, 0.15) is 11.9 Å². The van der Waals surface area contributed by atoms with E-state index in [1.165, 1.54) is 0 Å². The fourth-order valence-corrected chi connectivity index (χ4v) is 4.92. The molecule has 2 bridgehead atoms. The van der Waals surface area contributed by atoms with Crippen LogP contribution in [0.3, 0.4) is 0 Å². The minimum absolute atomic E-state index is 0.000480. The Kier molecular flexibility index (Phi) is 3.71. The Morgan fingerprint density at radius 2 is 1.92 bits per heavy atom. The number of ketones is 2. The van der Waals surface area contributed by atoms with Gasteiger partial charge in [0.15, 0.2) is 5.78 Å². The number of hydrogen-bond donors (Lipinski definition) is 1. The molecule has 2 fully saturated rings. The van der Waals surface area contributed by atoms with Gasteiger partial charge in [0, 0.05) is 24.7 Å². The lowest BCUT2D eigenvalue weighted by molar-refractivity contribution is -0.153. The Bertz CT molecular complexity index is 641. The zero-order chi connectivity index (χ0) is 17.0. The maximum atomic E-state index is 12.4. The Morgan fingerprint density at radius 3 is 2.67 bits per heavy atom. The van der Waals surface area contributed by atoms with Crippen molar-refractivity contribution in [3.8, 4) is 0 Å². The minimum Gasteiger partial charge on any atom is -0.458 e. The second-order valence-electron chi connectivity index (χ2n) is 7.72. The molecule has 5 rings (SSSR count). The maximum Gasteiger partial charge on any atom is 0.341 e. The lowest BCUT2D eigenvalue weighted by Gasteiger charge is -2.37. The standard InChI is InChI=1S/C19H22O5/c1-9-4-15-13(18(9)22)3-2-10-5-11(20)6-12-7-17(21)16(8-14(10)15)19(23)24-12/h2-3,8-15,20H,4-7H2,1H3/b16-8-. The second kappa shape index (κ2) is 5.66. The van der Waals surface area contributed by atoms with Gasteiger partial charge in [-0.15, -0.1) is 0 Å². The number of carbonyl (C=O) groups is 3. The summed E-state index contributed by atoms with van der Waals surface area (Å²) < 4.78 is 5.33. The molecule has 3 aliphatic carbocycles. The van der Waals surface area contributed by atoms with Crippen LogP contribution in [-0.2, 0) is 19.1 Å². The third kappa shape index (κ3) is 2.46. The van der Waals surface area contributed by atoms with Crippen LogP contribution in [0.2, 0.25) is 0 Å². The van der Waals surface area contributed by atoms with Gasteiger partial charge in [0.25, 0.3) is 0 Å². The molecule has 7 unspecified atom stereocenters. The summed E-state index contributed by atoms with van der Waals surface area (Å²) in [5.74, 6) is -0.610. The zero-order valence-corrected chi connectivity index (χ0v) is 13.7. The molecule has 5 heteroatoms. The van der Waals surface area contributed by atoms with E-state index in [2.05, 4.69) is 0 Å². The van der Waals surface area contributed by atoms with Crippen LogP contribution in [0.1, 0.15) is 32.6 Å². The van der Waals surface area contributed by atoms with E-state index in [-0.39, 0.29) is 53.1 Å². The highest BCUT2D eigenvalue weighted by Crippen LogP contribution is 2.47. The molecule has 0 amide bonds. The van der Waals surface area contributed by atoms with Crippen LogP contribution in [0.5, 0.6) is 0 Å². The van der Waals surface area contributed by atoms with Crippen molar-refractivity contribution < 1.29 is 24.2 Å². The van der Waals surface area contributed by atoms with Gasteiger partial charge in [-0.05, 0) is 30.6 Å². The first-order valence-corrected chi connectivity index (χ1v) is 8.80. The summed E-state index contributed by atoms with van der Waals surface area (Å²) in [7, 11) is 0. The van der Waals surface area contributed by atoms with Gasteiger partial charge in [-0.3, -0.25) is 9.59 Å². The maximum absolute atomic E-state index is 12.4. The van der Waals surface area contributed by atoms with Crippen LogP contribution in [0.15, 0.2) is 23.8 Å². The first-order chi connectivity index (χ1) is 11.4. The number of aliphatic hydroxyl groups is 1. The lowest BCUT2D eigenvalue weighted by Crippen LogP contribution is -2.39. The molecule has 2 heterocycles. The Morgan fingerprint density at radius 1 is 1.12 bits per heavy atom. The summed E-state index contributed by atoms with van der Waals surface area (Å²) in [6.07, 6.45) is 6.36. The number of esters is 1. The number of fused-ring (bicyclic) bond motifs is 5. The van der Waals surface area contributed by atoms with E-state index >= 15 is 0 Å². The molecule has 1 N–H and O–H groups in total. The molecule has 0 aromatic rings. The molecule has 0 radical (unpaired) electrons. The highest BCUT2D eigenvalue weighted by molar-refractivity contribution is 6.18. The fourth-order valence-electron chi connectivity index (χ4n) is 4.92. The van der Waals surface area contributed by atoms with Gasteiger partial charge in [0.05, 0.1) is 11.7 Å². The van der Waals surface area contributed by atoms with Crippen molar-refractivity contribution in [1.82, 2.24) is 0 Å². The number of ether oxygens (including phenoxy) is 1. The van der Waals surface area contributed by atoms with Gasteiger partial charge >= 0.3 is 5.97 Å². The summed E-state index contributed by atoms with van der Waals surface area (Å²) in [4.78, 5) is 37.0. The molecular weight excluding hydrogens is 308 g/mol. The van der Waals surface area contributed by atoms with Gasteiger partial charge in [-0.1, -0.05) is 25.2 Å². The SMILES string of the molecule is CC1CC2C(C=CC3CC(O)CC4CC(=O)/C(=C/C32)C(=O)O4)C1=O. The van der Waals surface area contributed by atoms with Crippen LogP contribution < -0.4 is 0 Å². The van der Waals surface area contributed by atoms with E-state index in [1.54, 1.807) is 6.08 Å². The number of carbonyl (C=O) groups excluding carboxylic acids is 3. The average Bonchev–Trinajstić information content (AvgIpc) is 2.79. The Labute approximate surface area is 140 Å². The topological polar surface area (TPSA) is 80.7 Å². The largest absolute Gasteiger partial charge is 0.458 e. The molecule has 1 saturated carbocycles. The monoisotopic (exact) mass is 330 g/mol. The molecule has 128 valence electrons. The number of rotatable bonds is 0. The first kappa shape index (κ1) is 15.8. The van der Waals surface area contributed by atoms with Gasteiger partial charge in [-0.25, -0.2) is 4.79 Å². The van der Waals surface area contributed by atoms with Crippen LogP contribution in [-0.4, -0.2) is 34.9 Å². The van der Waals surface area contributed by atoms with Crippen molar-refractivity contribution in [3.05, 3.63) is 23.8 Å². The zero-order valence-electron chi connectivity index (χ0n) is 13.7. The molecule has 0 spiro atoms. The molecule has 5 aliphatic rings. The molecule has 0 aromatic carbocycles. The molecule has 0 aromatic heterocycles. The second-order valence-corrected chi connectivity index (χ2v) is 7.72. The van der Waals surface area contributed by atoms with E-state index in [0.717, 1.165) is 6.42 Å². The minimum atomic E-state index is -0.619. The normalized spacial score (nSPS) is 46.8. The first-order valence-electron chi connectivity index (χ1n) is 8.80. The van der Waals surface area contributed by atoms with Crippen molar-refractivity contribution in [2.45, 2.75) is 44.8 Å². The number of hydrogen-bond acceptors (Lipinski definition) is 5. The highest BCUT2D eigenvalue weighted by atomic mass is 16.5. The molecule has 5 nitrogen and oxygen atoms in total. The predicted octanol–water partition coefficient (Wildman–Crippen LogP) is 1.60. The molecular formula is C19H22O5. The van der Waals surface area contributed by atoms with E-state index in [9.17, 15) is 19.5 Å². The van der Waals surface area contributed by atoms with Crippen LogP contribution >= 0.6 is 0 Å². The van der Waals surface area contributed by atoms with E-state index in [0.29, 0.717) is 12.8 Å².